The third-order valence-electron chi connectivity index (χ3n) is 7.24. The SMILES string of the molecule is Nc1ccc[n+]([C@@H]2O[C@H](COP(=O)(OC[C@H]3O[C@@H](n4cnc5nc6nccn6c5c4)[C@H](OP(=O)(O)O)[C@@H]3O)OP(=O)([O-])[O-])[C@@H](O)[C@H]2O)c1. The number of anilines is 1. The molecule has 2 aliphatic heterocycles. The average Bonchev–Trinajstić information content (AvgIpc) is 3.73. The molecule has 0 saturated carbocycles. The molecule has 26 heteroatoms. The van der Waals surface area contributed by atoms with Crippen molar-refractivity contribution in [1.29, 1.82) is 0 Å². The molecule has 4 aromatic rings. The van der Waals surface area contributed by atoms with Crippen LogP contribution in [-0.2, 0) is 41.1 Å². The Bertz CT molecular complexity index is 1930. The van der Waals surface area contributed by atoms with Gasteiger partial charge in [-0.1, -0.05) is 0 Å². The van der Waals surface area contributed by atoms with Crippen molar-refractivity contribution in [3.05, 3.63) is 49.4 Å². The van der Waals surface area contributed by atoms with Crippen LogP contribution in [0.5, 0.6) is 0 Å². The summed E-state index contributed by atoms with van der Waals surface area (Å²) >= 11 is 0. The number of aliphatic hydroxyl groups excluding tert-OH is 3. The Kier molecular flexibility index (Phi) is 9.61. The Morgan fingerprint density at radius 2 is 1.73 bits per heavy atom. The van der Waals surface area contributed by atoms with Crippen molar-refractivity contribution >= 4 is 46.1 Å². The predicted octanol–water partition coefficient (Wildman–Crippen LogP) is -3.01. The van der Waals surface area contributed by atoms with E-state index in [1.165, 1.54) is 40.0 Å². The number of imidazole rings is 2. The van der Waals surface area contributed by atoms with E-state index in [0.29, 0.717) is 11.3 Å². The zero-order chi connectivity index (χ0) is 34.6. The van der Waals surface area contributed by atoms with Crippen molar-refractivity contribution in [3.8, 4) is 0 Å². The third kappa shape index (κ3) is 7.52. The van der Waals surface area contributed by atoms with E-state index >= 15 is 0 Å². The van der Waals surface area contributed by atoms with Crippen LogP contribution >= 0.6 is 23.5 Å². The summed E-state index contributed by atoms with van der Waals surface area (Å²) in [6.07, 6.45) is -4.45. The highest BCUT2D eigenvalue weighted by Gasteiger charge is 2.51. The second kappa shape index (κ2) is 13.2. The van der Waals surface area contributed by atoms with Gasteiger partial charge in [-0.15, -0.1) is 0 Å². The molecule has 6 rings (SSSR count). The van der Waals surface area contributed by atoms with Crippen LogP contribution in [-0.4, -0.2) is 98.9 Å². The molecule has 48 heavy (non-hydrogen) atoms. The van der Waals surface area contributed by atoms with Gasteiger partial charge in [0.25, 0.3) is 6.23 Å². The minimum absolute atomic E-state index is 0.247. The topological polar surface area (TPSA) is 332 Å². The van der Waals surface area contributed by atoms with Crippen LogP contribution in [0.4, 0.5) is 5.69 Å². The molecule has 0 bridgehead atoms. The van der Waals surface area contributed by atoms with E-state index in [0.717, 1.165) is 6.33 Å². The predicted molar refractivity (Wildman–Crippen MR) is 148 cm³/mol. The summed E-state index contributed by atoms with van der Waals surface area (Å²) in [4.78, 5) is 54.3. The molecule has 1 unspecified atom stereocenters. The highest BCUT2D eigenvalue weighted by Crippen LogP contribution is 2.59. The Morgan fingerprint density at radius 3 is 2.40 bits per heavy atom. The first-order valence-electron chi connectivity index (χ1n) is 13.6. The molecule has 2 saturated heterocycles. The normalized spacial score (nSPS) is 29.6. The summed E-state index contributed by atoms with van der Waals surface area (Å²) in [7, 11) is -16.8. The zero-order valence-corrected chi connectivity index (χ0v) is 26.7. The Balaban J connectivity index is 1.19. The first-order valence-corrected chi connectivity index (χ1v) is 18.1. The van der Waals surface area contributed by atoms with Gasteiger partial charge in [0.1, 0.15) is 36.0 Å². The number of phosphoric acid groups is 3. The molecule has 0 spiro atoms. The fourth-order valence-electron chi connectivity index (χ4n) is 5.16. The molecule has 0 aliphatic carbocycles. The number of hydrogen-bond acceptors (Lipinski definition) is 18. The molecule has 0 amide bonds. The molecule has 23 nitrogen and oxygen atoms in total. The summed E-state index contributed by atoms with van der Waals surface area (Å²) in [6.45, 7) is -2.01. The van der Waals surface area contributed by atoms with Gasteiger partial charge in [0.05, 0.1) is 33.1 Å². The minimum atomic E-state index is -6.09. The van der Waals surface area contributed by atoms with E-state index in [-0.39, 0.29) is 11.3 Å². The van der Waals surface area contributed by atoms with Crippen LogP contribution in [0.25, 0.3) is 16.9 Å². The number of nitrogen functional groups attached to an aromatic ring is 1. The lowest BCUT2D eigenvalue weighted by atomic mass is 10.1. The van der Waals surface area contributed by atoms with Crippen molar-refractivity contribution in [2.75, 3.05) is 18.9 Å². The van der Waals surface area contributed by atoms with Crippen molar-refractivity contribution in [2.45, 2.75) is 49.1 Å². The van der Waals surface area contributed by atoms with Gasteiger partial charge >= 0.3 is 15.6 Å². The second-order valence-electron chi connectivity index (χ2n) is 10.6. The minimum Gasteiger partial charge on any atom is -0.789 e. The number of fused-ring (bicyclic) bond motifs is 3. The average molecular weight is 738 g/mol. The largest absolute Gasteiger partial charge is 0.789 e. The van der Waals surface area contributed by atoms with E-state index in [1.54, 1.807) is 16.7 Å². The van der Waals surface area contributed by atoms with Crippen LogP contribution in [0.2, 0.25) is 0 Å². The zero-order valence-electron chi connectivity index (χ0n) is 24.0. The monoisotopic (exact) mass is 738 g/mol. The molecule has 2 fully saturated rings. The third-order valence-corrected chi connectivity index (χ3v) is 10.3. The molecule has 0 aromatic carbocycles. The lowest BCUT2D eigenvalue weighted by Gasteiger charge is -2.32. The van der Waals surface area contributed by atoms with E-state index in [4.69, 9.17) is 28.8 Å². The fourth-order valence-corrected chi connectivity index (χ4v) is 7.80. The van der Waals surface area contributed by atoms with Gasteiger partial charge in [-0.05, 0) is 6.07 Å². The van der Waals surface area contributed by atoms with E-state index in [9.17, 15) is 48.6 Å². The molecule has 0 radical (unpaired) electrons. The van der Waals surface area contributed by atoms with Gasteiger partial charge in [0, 0.05) is 24.7 Å². The smallest absolute Gasteiger partial charge is 0.478 e. The summed E-state index contributed by atoms with van der Waals surface area (Å²) in [5.41, 5.74) is 6.65. The number of pyridine rings is 1. The molecule has 7 N–H and O–H groups in total. The first-order chi connectivity index (χ1) is 22.5. The van der Waals surface area contributed by atoms with Crippen LogP contribution in [0.15, 0.2) is 49.4 Å². The van der Waals surface area contributed by atoms with Crippen LogP contribution in [0.3, 0.4) is 0 Å². The Hall–Kier alpha value is -2.79. The van der Waals surface area contributed by atoms with E-state index in [2.05, 4.69) is 19.3 Å². The van der Waals surface area contributed by atoms with Gasteiger partial charge in [-0.25, -0.2) is 19.1 Å². The van der Waals surface area contributed by atoms with Crippen molar-refractivity contribution < 1.29 is 80.5 Å². The van der Waals surface area contributed by atoms with Gasteiger partial charge in [0.15, 0.2) is 30.4 Å². The van der Waals surface area contributed by atoms with Crippen LogP contribution < -0.4 is 20.1 Å². The highest BCUT2D eigenvalue weighted by atomic mass is 31.3. The molecular formula is C22H27N7O16P3-. The molecule has 2 aliphatic rings. The van der Waals surface area contributed by atoms with Gasteiger partial charge in [-0.2, -0.15) is 9.55 Å². The number of aliphatic hydroxyl groups is 3. The summed E-state index contributed by atoms with van der Waals surface area (Å²) in [5.74, 6) is 0.297. The number of phosphoric ester groups is 2. The molecule has 6 heterocycles. The Labute approximate surface area is 268 Å². The number of hydrogen-bond donors (Lipinski definition) is 6. The highest BCUT2D eigenvalue weighted by molar-refractivity contribution is 7.60. The van der Waals surface area contributed by atoms with Gasteiger partial charge < -0.3 is 59.2 Å². The standard InChI is InChI=1S/C22H28N7O16P3/c23-11-2-1-4-27(6-11)20-17(32)15(30)13(42-20)8-40-48(39,45-47(36,37)38)41-9-14-16(31)18(44-46(33,34)35)21(43-14)28-7-12-19(25-10-28)26-22-24-3-5-29(12)22/h1-7,10,13-18,20-21,30-32H,8-9,23H2,(H3-,33,34,35,36,37,38)/p-1/t13-,14-,15-,16-,17-,18-,20-,21-,48?/m1/s1. The van der Waals surface area contributed by atoms with E-state index in [1.807, 2.05) is 0 Å². The number of aromatic nitrogens is 6. The maximum atomic E-state index is 13.3. The summed E-state index contributed by atoms with van der Waals surface area (Å²) in [6, 6.07) is 3.08. The lowest BCUT2D eigenvalue weighted by Crippen LogP contribution is -2.45. The first kappa shape index (κ1) is 35.1. The van der Waals surface area contributed by atoms with Crippen molar-refractivity contribution in [3.63, 3.8) is 0 Å². The van der Waals surface area contributed by atoms with Gasteiger partial charge in [-0.3, -0.25) is 22.3 Å². The van der Waals surface area contributed by atoms with Gasteiger partial charge in [0.2, 0.25) is 5.78 Å². The number of nitrogens with zero attached hydrogens (tertiary/aromatic N) is 6. The number of rotatable bonds is 12. The Morgan fingerprint density at radius 1 is 1.02 bits per heavy atom. The second-order valence-corrected chi connectivity index (χ2v) is 14.7. The molecule has 4 aromatic heterocycles. The maximum Gasteiger partial charge on any atom is 0.478 e. The molecule has 262 valence electrons. The van der Waals surface area contributed by atoms with E-state index < -0.39 is 85.8 Å². The maximum absolute atomic E-state index is 13.3. The van der Waals surface area contributed by atoms with Crippen molar-refractivity contribution in [2.24, 2.45) is 0 Å². The fraction of sp³-hybridized carbons (Fsp3) is 0.455. The number of nitrogens with two attached hydrogens (primary N) is 1. The van der Waals surface area contributed by atoms with Crippen LogP contribution in [0, 0.1) is 0 Å². The summed E-state index contributed by atoms with van der Waals surface area (Å²) in [5, 5.41) is 31.9. The quantitative estimate of drug-likeness (QED) is 0.0622. The summed E-state index contributed by atoms with van der Waals surface area (Å²) < 4.78 is 70.7. The molecular weight excluding hydrogens is 711 g/mol. The van der Waals surface area contributed by atoms with Crippen LogP contribution in [0.1, 0.15) is 12.5 Å². The van der Waals surface area contributed by atoms with Crippen molar-refractivity contribution in [1.82, 2.24) is 23.9 Å². The number of ether oxygens (including phenoxy) is 2. The lowest BCUT2D eigenvalue weighted by molar-refractivity contribution is -0.765. The molecule has 9 atom stereocenters.